The summed E-state index contributed by atoms with van der Waals surface area (Å²) < 4.78 is 44.7. The van der Waals surface area contributed by atoms with Gasteiger partial charge in [0.1, 0.15) is 16.2 Å². The zero-order valence-electron chi connectivity index (χ0n) is 18.5. The first-order valence-electron chi connectivity index (χ1n) is 10.6. The molecule has 0 spiro atoms. The minimum atomic E-state index is -3.82. The van der Waals surface area contributed by atoms with Crippen LogP contribution in [0.3, 0.4) is 0 Å². The number of fused-ring (bicyclic) bond motifs is 1. The number of nitrogens with zero attached hydrogens (tertiary/aromatic N) is 1. The topological polar surface area (TPSA) is 98.1 Å². The van der Waals surface area contributed by atoms with Gasteiger partial charge in [0.25, 0.3) is 5.91 Å². The number of benzene rings is 2. The van der Waals surface area contributed by atoms with Crippen molar-refractivity contribution in [2.24, 2.45) is 0 Å². The summed E-state index contributed by atoms with van der Waals surface area (Å²) in [6.07, 6.45) is 1.96. The lowest BCUT2D eigenvalue weighted by Crippen LogP contribution is -2.40. The SMILES string of the molecule is CCOc1ccc(NC(=O)c2oc3ccccc3c2CSC)cc1S(=O)(=O)N1CCOCC1. The number of thioether (sulfide) groups is 1. The van der Waals surface area contributed by atoms with Gasteiger partial charge in [0.15, 0.2) is 5.76 Å². The summed E-state index contributed by atoms with van der Waals surface area (Å²) in [4.78, 5) is 13.1. The number of anilines is 1. The van der Waals surface area contributed by atoms with Gasteiger partial charge in [-0.25, -0.2) is 8.42 Å². The minimum absolute atomic E-state index is 0.0120. The summed E-state index contributed by atoms with van der Waals surface area (Å²) >= 11 is 1.59. The van der Waals surface area contributed by atoms with Crippen LogP contribution in [-0.4, -0.2) is 57.8 Å². The molecule has 0 saturated carbocycles. The maximum atomic E-state index is 13.3. The molecule has 1 aliphatic rings. The van der Waals surface area contributed by atoms with E-state index in [2.05, 4.69) is 5.32 Å². The molecule has 1 fully saturated rings. The summed E-state index contributed by atoms with van der Waals surface area (Å²) in [5, 5.41) is 3.69. The number of amides is 1. The minimum Gasteiger partial charge on any atom is -0.492 e. The highest BCUT2D eigenvalue weighted by Gasteiger charge is 2.30. The predicted molar refractivity (Wildman–Crippen MR) is 129 cm³/mol. The molecule has 0 radical (unpaired) electrons. The van der Waals surface area contributed by atoms with Gasteiger partial charge >= 0.3 is 0 Å². The summed E-state index contributed by atoms with van der Waals surface area (Å²) in [5.41, 5.74) is 1.78. The maximum Gasteiger partial charge on any atom is 0.291 e. The fourth-order valence-corrected chi connectivity index (χ4v) is 5.89. The lowest BCUT2D eigenvalue weighted by Gasteiger charge is -2.27. The van der Waals surface area contributed by atoms with Crippen molar-refractivity contribution in [2.75, 3.05) is 44.5 Å². The van der Waals surface area contributed by atoms with Crippen molar-refractivity contribution in [3.63, 3.8) is 0 Å². The van der Waals surface area contributed by atoms with E-state index < -0.39 is 15.9 Å². The van der Waals surface area contributed by atoms with E-state index in [4.69, 9.17) is 13.9 Å². The molecule has 8 nitrogen and oxygen atoms in total. The number of furan rings is 1. The van der Waals surface area contributed by atoms with Crippen molar-refractivity contribution >= 4 is 44.3 Å². The summed E-state index contributed by atoms with van der Waals surface area (Å²) in [7, 11) is -3.82. The summed E-state index contributed by atoms with van der Waals surface area (Å²) in [6.45, 7) is 3.31. The molecule has 0 bridgehead atoms. The van der Waals surface area contributed by atoms with Gasteiger partial charge in [-0.3, -0.25) is 4.79 Å². The van der Waals surface area contributed by atoms with Crippen LogP contribution in [0, 0.1) is 0 Å². The zero-order valence-corrected chi connectivity index (χ0v) is 20.1. The van der Waals surface area contributed by atoms with Crippen LogP contribution in [-0.2, 0) is 20.5 Å². The maximum absolute atomic E-state index is 13.3. The summed E-state index contributed by atoms with van der Waals surface area (Å²) in [6, 6.07) is 12.1. The number of ether oxygens (including phenoxy) is 2. The number of morpholine rings is 1. The molecule has 10 heteroatoms. The van der Waals surface area contributed by atoms with Crippen LogP contribution in [0.4, 0.5) is 5.69 Å². The van der Waals surface area contributed by atoms with E-state index in [-0.39, 0.29) is 29.5 Å². The second kappa shape index (κ2) is 10.2. The van der Waals surface area contributed by atoms with Crippen molar-refractivity contribution in [1.82, 2.24) is 4.31 Å². The average Bonchev–Trinajstić information content (AvgIpc) is 3.20. The Balaban J connectivity index is 1.68. The van der Waals surface area contributed by atoms with Gasteiger partial charge in [-0.1, -0.05) is 18.2 Å². The third kappa shape index (κ3) is 4.89. The molecular formula is C23H26N2O6S2. The first-order chi connectivity index (χ1) is 16.0. The van der Waals surface area contributed by atoms with Crippen LogP contribution < -0.4 is 10.1 Å². The van der Waals surface area contributed by atoms with Gasteiger partial charge in [0.05, 0.1) is 19.8 Å². The molecule has 1 aromatic heterocycles. The number of para-hydroxylation sites is 1. The lowest BCUT2D eigenvalue weighted by atomic mass is 10.1. The zero-order chi connectivity index (χ0) is 23.4. The standard InChI is InChI=1S/C23H26N2O6S2/c1-3-30-20-9-8-16(14-21(20)33(27,28)25-10-12-29-13-11-25)24-23(26)22-18(15-32-2)17-6-4-5-7-19(17)31-22/h4-9,14H,3,10-13,15H2,1-2H3,(H,24,26). The molecule has 0 unspecified atom stereocenters. The first kappa shape index (κ1) is 23.6. The van der Waals surface area contributed by atoms with E-state index in [1.807, 2.05) is 30.5 Å². The number of rotatable bonds is 8. The number of hydrogen-bond donors (Lipinski definition) is 1. The van der Waals surface area contributed by atoms with E-state index in [1.54, 1.807) is 30.8 Å². The second-order valence-electron chi connectivity index (χ2n) is 7.40. The quantitative estimate of drug-likeness (QED) is 0.510. The van der Waals surface area contributed by atoms with Gasteiger partial charge in [-0.15, -0.1) is 0 Å². The highest BCUT2D eigenvalue weighted by atomic mass is 32.2. The number of nitrogens with one attached hydrogen (secondary N) is 1. The number of hydrogen-bond acceptors (Lipinski definition) is 7. The first-order valence-corrected chi connectivity index (χ1v) is 13.4. The summed E-state index contributed by atoms with van der Waals surface area (Å²) in [5.74, 6) is 0.639. The fourth-order valence-electron chi connectivity index (χ4n) is 3.75. The molecule has 33 heavy (non-hydrogen) atoms. The van der Waals surface area contributed by atoms with Crippen LogP contribution in [0.25, 0.3) is 11.0 Å². The van der Waals surface area contributed by atoms with Crippen LogP contribution in [0.5, 0.6) is 5.75 Å². The van der Waals surface area contributed by atoms with E-state index in [0.717, 1.165) is 10.9 Å². The smallest absolute Gasteiger partial charge is 0.291 e. The number of sulfonamides is 1. The third-order valence-corrected chi connectivity index (χ3v) is 7.78. The van der Waals surface area contributed by atoms with Crippen LogP contribution >= 0.6 is 11.8 Å². The Morgan fingerprint density at radius 1 is 1.18 bits per heavy atom. The Kier molecular flexibility index (Phi) is 7.28. The molecule has 2 aromatic carbocycles. The average molecular weight is 491 g/mol. The Labute approximate surface area is 197 Å². The van der Waals surface area contributed by atoms with Crippen molar-refractivity contribution < 1.29 is 27.1 Å². The normalized spacial score (nSPS) is 15.0. The Bertz CT molecular complexity index is 1250. The van der Waals surface area contributed by atoms with Crippen LogP contribution in [0.2, 0.25) is 0 Å². The highest BCUT2D eigenvalue weighted by Crippen LogP contribution is 2.32. The monoisotopic (exact) mass is 490 g/mol. The fraction of sp³-hybridized carbons (Fsp3) is 0.348. The molecule has 2 heterocycles. The van der Waals surface area contributed by atoms with E-state index >= 15 is 0 Å². The van der Waals surface area contributed by atoms with Crippen LogP contribution in [0.15, 0.2) is 51.8 Å². The second-order valence-corrected chi connectivity index (χ2v) is 10.2. The number of carbonyl (C=O) groups is 1. The van der Waals surface area contributed by atoms with Crippen LogP contribution in [0.1, 0.15) is 23.0 Å². The Hall–Kier alpha value is -2.53. The molecule has 1 aliphatic heterocycles. The Morgan fingerprint density at radius 2 is 1.94 bits per heavy atom. The van der Waals surface area contributed by atoms with Crippen molar-refractivity contribution in [3.05, 3.63) is 53.8 Å². The van der Waals surface area contributed by atoms with Crippen molar-refractivity contribution in [1.29, 1.82) is 0 Å². The van der Waals surface area contributed by atoms with E-state index in [0.29, 0.717) is 36.8 Å². The van der Waals surface area contributed by atoms with Crippen molar-refractivity contribution in [3.8, 4) is 5.75 Å². The molecule has 4 rings (SSSR count). The molecule has 0 aliphatic carbocycles. The molecule has 176 valence electrons. The Morgan fingerprint density at radius 3 is 2.67 bits per heavy atom. The van der Waals surface area contributed by atoms with E-state index in [9.17, 15) is 13.2 Å². The predicted octanol–water partition coefficient (Wildman–Crippen LogP) is 3.97. The van der Waals surface area contributed by atoms with Gasteiger partial charge in [-0.2, -0.15) is 16.1 Å². The van der Waals surface area contributed by atoms with Gasteiger partial charge in [0.2, 0.25) is 10.0 Å². The number of carbonyl (C=O) groups excluding carboxylic acids is 1. The highest BCUT2D eigenvalue weighted by molar-refractivity contribution is 7.97. The molecule has 1 amide bonds. The largest absolute Gasteiger partial charge is 0.492 e. The third-order valence-electron chi connectivity index (χ3n) is 5.28. The van der Waals surface area contributed by atoms with Gasteiger partial charge in [0, 0.05) is 35.5 Å². The van der Waals surface area contributed by atoms with E-state index in [1.165, 1.54) is 10.4 Å². The molecule has 1 N–H and O–H groups in total. The molecule has 0 atom stereocenters. The van der Waals surface area contributed by atoms with Gasteiger partial charge in [-0.05, 0) is 37.4 Å². The molecule has 3 aromatic rings. The molecular weight excluding hydrogens is 464 g/mol. The molecule has 1 saturated heterocycles. The van der Waals surface area contributed by atoms with Gasteiger partial charge < -0.3 is 19.2 Å². The van der Waals surface area contributed by atoms with Crippen molar-refractivity contribution in [2.45, 2.75) is 17.6 Å². The lowest BCUT2D eigenvalue weighted by molar-refractivity contribution is 0.0729.